The predicted molar refractivity (Wildman–Crippen MR) is 99.6 cm³/mol. The Hall–Kier alpha value is -2.34. The molecule has 1 N–H and O–H groups in total. The monoisotopic (exact) mass is 354 g/mol. The number of aryl methyl sites for hydroxylation is 1. The number of nitrogens with zero attached hydrogens (tertiary/aromatic N) is 4. The number of hydrogen-bond donors (Lipinski definition) is 1. The normalized spacial score (nSPS) is 20.2. The smallest absolute Gasteiger partial charge is 0.257 e. The Morgan fingerprint density at radius 1 is 1.38 bits per heavy atom. The lowest BCUT2D eigenvalue weighted by atomic mass is 9.77. The first-order chi connectivity index (χ1) is 12.6. The molecule has 2 aromatic rings. The Bertz CT molecular complexity index is 762. The fraction of sp³-hybridized carbons (Fsp3) is 0.500. The summed E-state index contributed by atoms with van der Waals surface area (Å²) >= 11 is 0. The van der Waals surface area contributed by atoms with Gasteiger partial charge in [0.15, 0.2) is 5.82 Å². The number of rotatable bonds is 5. The summed E-state index contributed by atoms with van der Waals surface area (Å²) in [5, 5.41) is 9.89. The lowest BCUT2D eigenvalue weighted by Gasteiger charge is -2.42. The molecule has 26 heavy (non-hydrogen) atoms. The largest absolute Gasteiger partial charge is 0.396 e. The van der Waals surface area contributed by atoms with Gasteiger partial charge in [0, 0.05) is 42.7 Å². The lowest BCUT2D eigenvalue weighted by molar-refractivity contribution is 0.0221. The number of hydrogen-bond acceptors (Lipinski definition) is 5. The number of aromatic nitrogens is 3. The van der Waals surface area contributed by atoms with Crippen molar-refractivity contribution in [2.24, 2.45) is 5.41 Å². The van der Waals surface area contributed by atoms with E-state index in [0.717, 1.165) is 31.2 Å². The minimum Gasteiger partial charge on any atom is -0.396 e. The van der Waals surface area contributed by atoms with Crippen LogP contribution < -0.4 is 0 Å². The van der Waals surface area contributed by atoms with Crippen LogP contribution in [0.3, 0.4) is 0 Å². The van der Waals surface area contributed by atoms with Crippen LogP contribution >= 0.6 is 0 Å². The zero-order chi connectivity index (χ0) is 18.6. The summed E-state index contributed by atoms with van der Waals surface area (Å²) in [6.45, 7) is 5.39. The van der Waals surface area contributed by atoms with E-state index < -0.39 is 0 Å². The number of carbonyl (C=O) groups excluding carboxylic acids is 1. The first kappa shape index (κ1) is 18.5. The van der Waals surface area contributed by atoms with Crippen molar-refractivity contribution in [1.29, 1.82) is 0 Å². The summed E-state index contributed by atoms with van der Waals surface area (Å²) in [6.07, 6.45) is 8.85. The molecule has 1 aliphatic heterocycles. The molecule has 1 aliphatic rings. The van der Waals surface area contributed by atoms with Gasteiger partial charge in [0.25, 0.3) is 5.91 Å². The SMILES string of the molecule is CCCC1(CO)CCCN(C(=O)c2cnc(-c3cccnc3)nc2C)C1. The third-order valence-electron chi connectivity index (χ3n) is 5.19. The molecule has 1 atom stereocenters. The molecule has 3 heterocycles. The van der Waals surface area contributed by atoms with Gasteiger partial charge in [0.1, 0.15) is 0 Å². The predicted octanol–water partition coefficient (Wildman–Crippen LogP) is 2.86. The van der Waals surface area contributed by atoms with Crippen LogP contribution in [0.2, 0.25) is 0 Å². The topological polar surface area (TPSA) is 79.2 Å². The van der Waals surface area contributed by atoms with Gasteiger partial charge < -0.3 is 10.0 Å². The van der Waals surface area contributed by atoms with Crippen molar-refractivity contribution in [3.05, 3.63) is 42.0 Å². The van der Waals surface area contributed by atoms with Gasteiger partial charge in [0.2, 0.25) is 0 Å². The molecule has 6 nitrogen and oxygen atoms in total. The van der Waals surface area contributed by atoms with E-state index in [-0.39, 0.29) is 17.9 Å². The summed E-state index contributed by atoms with van der Waals surface area (Å²) in [5.74, 6) is 0.523. The van der Waals surface area contributed by atoms with Crippen LogP contribution in [0.25, 0.3) is 11.4 Å². The molecule has 0 saturated carbocycles. The average Bonchev–Trinajstić information content (AvgIpc) is 2.68. The quantitative estimate of drug-likeness (QED) is 0.893. The number of pyridine rings is 1. The van der Waals surface area contributed by atoms with Gasteiger partial charge in [0.05, 0.1) is 17.9 Å². The van der Waals surface area contributed by atoms with E-state index in [1.54, 1.807) is 18.6 Å². The Balaban J connectivity index is 1.81. The van der Waals surface area contributed by atoms with Gasteiger partial charge in [-0.2, -0.15) is 0 Å². The number of carbonyl (C=O) groups is 1. The Morgan fingerprint density at radius 3 is 2.88 bits per heavy atom. The highest BCUT2D eigenvalue weighted by Gasteiger charge is 2.36. The van der Waals surface area contributed by atoms with Gasteiger partial charge in [-0.3, -0.25) is 9.78 Å². The van der Waals surface area contributed by atoms with E-state index in [4.69, 9.17) is 0 Å². The van der Waals surface area contributed by atoms with Gasteiger partial charge in [-0.25, -0.2) is 9.97 Å². The maximum Gasteiger partial charge on any atom is 0.257 e. The van der Waals surface area contributed by atoms with E-state index in [1.165, 1.54) is 0 Å². The number of aliphatic hydroxyl groups is 1. The molecular formula is C20H26N4O2. The second-order valence-corrected chi connectivity index (χ2v) is 7.17. The summed E-state index contributed by atoms with van der Waals surface area (Å²) in [4.78, 5) is 27.8. The highest BCUT2D eigenvalue weighted by Crippen LogP contribution is 2.34. The van der Waals surface area contributed by atoms with Gasteiger partial charge in [-0.05, 0) is 38.3 Å². The van der Waals surface area contributed by atoms with Crippen molar-refractivity contribution in [3.63, 3.8) is 0 Å². The van der Waals surface area contributed by atoms with Gasteiger partial charge >= 0.3 is 0 Å². The summed E-state index contributed by atoms with van der Waals surface area (Å²) < 4.78 is 0. The molecule has 0 spiro atoms. The second-order valence-electron chi connectivity index (χ2n) is 7.17. The van der Waals surface area contributed by atoms with Crippen molar-refractivity contribution < 1.29 is 9.90 Å². The molecule has 6 heteroatoms. The fourth-order valence-electron chi connectivity index (χ4n) is 3.81. The highest BCUT2D eigenvalue weighted by atomic mass is 16.3. The molecule has 1 amide bonds. The molecule has 138 valence electrons. The van der Waals surface area contributed by atoms with Crippen LogP contribution in [0, 0.1) is 12.3 Å². The zero-order valence-electron chi connectivity index (χ0n) is 15.5. The van der Waals surface area contributed by atoms with Crippen LogP contribution in [-0.4, -0.2) is 50.6 Å². The molecule has 0 radical (unpaired) electrons. The first-order valence-electron chi connectivity index (χ1n) is 9.23. The number of aliphatic hydroxyl groups excluding tert-OH is 1. The Labute approximate surface area is 154 Å². The molecule has 2 aromatic heterocycles. The highest BCUT2D eigenvalue weighted by molar-refractivity contribution is 5.95. The number of amides is 1. The van der Waals surface area contributed by atoms with Crippen molar-refractivity contribution in [2.75, 3.05) is 19.7 Å². The summed E-state index contributed by atoms with van der Waals surface area (Å²) in [5.41, 5.74) is 1.85. The van der Waals surface area contributed by atoms with Crippen molar-refractivity contribution >= 4 is 5.91 Å². The van der Waals surface area contributed by atoms with Crippen LogP contribution in [0.4, 0.5) is 0 Å². The van der Waals surface area contributed by atoms with Crippen LogP contribution in [0.1, 0.15) is 48.7 Å². The van der Waals surface area contributed by atoms with Crippen LogP contribution in [0.5, 0.6) is 0 Å². The number of piperidine rings is 1. The minimum absolute atomic E-state index is 0.0473. The minimum atomic E-state index is -0.174. The standard InChI is InChI=1S/C20H26N4O2/c1-3-7-20(14-25)8-5-10-24(13-20)19(26)17-12-22-18(23-15(17)2)16-6-4-9-21-11-16/h4,6,9,11-12,25H,3,5,7-8,10,13-14H2,1-2H3. The Morgan fingerprint density at radius 2 is 2.23 bits per heavy atom. The van der Waals surface area contributed by atoms with E-state index in [1.807, 2.05) is 24.0 Å². The maximum absolute atomic E-state index is 13.0. The average molecular weight is 354 g/mol. The van der Waals surface area contributed by atoms with E-state index in [2.05, 4.69) is 21.9 Å². The molecule has 1 saturated heterocycles. The summed E-state index contributed by atoms with van der Waals surface area (Å²) in [6, 6.07) is 3.73. The molecule has 0 aromatic carbocycles. The molecule has 1 unspecified atom stereocenters. The van der Waals surface area contributed by atoms with E-state index in [9.17, 15) is 9.90 Å². The van der Waals surface area contributed by atoms with E-state index in [0.29, 0.717) is 30.2 Å². The molecule has 0 aliphatic carbocycles. The molecule has 0 bridgehead atoms. The van der Waals surface area contributed by atoms with Crippen LogP contribution in [0.15, 0.2) is 30.7 Å². The second kappa shape index (κ2) is 7.91. The molecule has 1 fully saturated rings. The van der Waals surface area contributed by atoms with Gasteiger partial charge in [-0.1, -0.05) is 13.3 Å². The molecule has 3 rings (SSSR count). The Kier molecular flexibility index (Phi) is 5.61. The lowest BCUT2D eigenvalue weighted by Crippen LogP contribution is -2.48. The third kappa shape index (κ3) is 3.75. The van der Waals surface area contributed by atoms with Crippen molar-refractivity contribution in [2.45, 2.75) is 39.5 Å². The molecular weight excluding hydrogens is 328 g/mol. The third-order valence-corrected chi connectivity index (χ3v) is 5.19. The first-order valence-corrected chi connectivity index (χ1v) is 9.23. The van der Waals surface area contributed by atoms with Crippen molar-refractivity contribution in [3.8, 4) is 11.4 Å². The van der Waals surface area contributed by atoms with Gasteiger partial charge in [-0.15, -0.1) is 0 Å². The fourth-order valence-corrected chi connectivity index (χ4v) is 3.81. The summed E-state index contributed by atoms with van der Waals surface area (Å²) in [7, 11) is 0. The maximum atomic E-state index is 13.0. The van der Waals surface area contributed by atoms with Crippen LogP contribution in [-0.2, 0) is 0 Å². The van der Waals surface area contributed by atoms with Crippen molar-refractivity contribution in [1.82, 2.24) is 19.9 Å². The van der Waals surface area contributed by atoms with E-state index >= 15 is 0 Å². The zero-order valence-corrected chi connectivity index (χ0v) is 15.5. The number of likely N-dealkylation sites (tertiary alicyclic amines) is 1.